The van der Waals surface area contributed by atoms with E-state index in [0.717, 1.165) is 16.8 Å². The molecule has 120 valence electrons. The van der Waals surface area contributed by atoms with E-state index in [4.69, 9.17) is 0 Å². The van der Waals surface area contributed by atoms with Gasteiger partial charge in [0.25, 0.3) is 5.95 Å². The van der Waals surface area contributed by atoms with Gasteiger partial charge in [0.2, 0.25) is 0 Å². The number of hydrogen-bond acceptors (Lipinski definition) is 5. The van der Waals surface area contributed by atoms with Gasteiger partial charge in [-0.2, -0.15) is 10.2 Å². The normalized spacial score (nSPS) is 11.1. The molecule has 0 spiro atoms. The molecule has 0 bridgehead atoms. The molecule has 0 atom stereocenters. The molecule has 0 saturated carbocycles. The highest BCUT2D eigenvalue weighted by atomic mass is 15.4. The third kappa shape index (κ3) is 4.01. The fourth-order valence-electron chi connectivity index (χ4n) is 2.23. The number of hydrogen-bond donors (Lipinski definition) is 1. The van der Waals surface area contributed by atoms with Crippen LogP contribution in [-0.4, -0.2) is 21.4 Å². The SMILES string of the molecule is CC(C)c1ccc(/C=N/Nc2nncc(-c3ccccc3)n2)cc1. The zero-order valence-corrected chi connectivity index (χ0v) is 13.7. The number of benzene rings is 2. The van der Waals surface area contributed by atoms with Gasteiger partial charge in [-0.1, -0.05) is 68.4 Å². The summed E-state index contributed by atoms with van der Waals surface area (Å²) in [6, 6.07) is 18.2. The number of rotatable bonds is 5. The van der Waals surface area contributed by atoms with Gasteiger partial charge in [0.15, 0.2) is 0 Å². The Labute approximate surface area is 141 Å². The molecular formula is C19H19N5. The van der Waals surface area contributed by atoms with Crippen LogP contribution in [0.2, 0.25) is 0 Å². The van der Waals surface area contributed by atoms with E-state index in [-0.39, 0.29) is 0 Å². The predicted molar refractivity (Wildman–Crippen MR) is 97.0 cm³/mol. The van der Waals surface area contributed by atoms with Crippen LogP contribution < -0.4 is 5.43 Å². The van der Waals surface area contributed by atoms with Crippen LogP contribution in [0.1, 0.15) is 30.9 Å². The minimum absolute atomic E-state index is 0.367. The Morgan fingerprint density at radius 2 is 1.75 bits per heavy atom. The molecule has 3 rings (SSSR count). The molecule has 0 unspecified atom stereocenters. The highest BCUT2D eigenvalue weighted by molar-refractivity contribution is 5.80. The zero-order valence-electron chi connectivity index (χ0n) is 13.7. The van der Waals surface area contributed by atoms with Gasteiger partial charge >= 0.3 is 0 Å². The van der Waals surface area contributed by atoms with Gasteiger partial charge in [-0.25, -0.2) is 10.4 Å². The molecule has 0 aliphatic heterocycles. The topological polar surface area (TPSA) is 63.1 Å². The molecule has 0 radical (unpaired) electrons. The van der Waals surface area contributed by atoms with Crippen LogP contribution in [0.4, 0.5) is 5.95 Å². The maximum atomic E-state index is 4.41. The van der Waals surface area contributed by atoms with Crippen molar-refractivity contribution in [2.75, 3.05) is 5.43 Å². The molecular weight excluding hydrogens is 298 g/mol. The quantitative estimate of drug-likeness (QED) is 0.568. The van der Waals surface area contributed by atoms with Crippen LogP contribution in [0, 0.1) is 0 Å². The summed E-state index contributed by atoms with van der Waals surface area (Å²) in [6.07, 6.45) is 3.37. The summed E-state index contributed by atoms with van der Waals surface area (Å²) in [5.41, 5.74) is 6.89. The van der Waals surface area contributed by atoms with Gasteiger partial charge in [-0.05, 0) is 17.0 Å². The average molecular weight is 317 g/mol. The summed E-state index contributed by atoms with van der Waals surface area (Å²) in [7, 11) is 0. The summed E-state index contributed by atoms with van der Waals surface area (Å²) < 4.78 is 0. The lowest BCUT2D eigenvalue weighted by Gasteiger charge is -2.04. The van der Waals surface area contributed by atoms with Gasteiger partial charge < -0.3 is 0 Å². The fraction of sp³-hybridized carbons (Fsp3) is 0.158. The van der Waals surface area contributed by atoms with Crippen LogP contribution in [0.5, 0.6) is 0 Å². The van der Waals surface area contributed by atoms with Gasteiger partial charge in [-0.15, -0.1) is 5.10 Å². The Morgan fingerprint density at radius 3 is 2.46 bits per heavy atom. The maximum absolute atomic E-state index is 4.41. The minimum Gasteiger partial charge on any atom is -0.244 e. The van der Waals surface area contributed by atoms with Crippen molar-refractivity contribution in [2.24, 2.45) is 5.10 Å². The Morgan fingerprint density at radius 1 is 1.00 bits per heavy atom. The molecule has 24 heavy (non-hydrogen) atoms. The summed E-state index contributed by atoms with van der Waals surface area (Å²) in [6.45, 7) is 4.35. The molecule has 3 aromatic rings. The first kappa shape index (κ1) is 15.8. The van der Waals surface area contributed by atoms with Gasteiger partial charge in [0.05, 0.1) is 18.1 Å². The molecule has 1 aromatic heterocycles. The minimum atomic E-state index is 0.367. The van der Waals surface area contributed by atoms with Crippen molar-refractivity contribution in [1.29, 1.82) is 0 Å². The van der Waals surface area contributed by atoms with Crippen molar-refractivity contribution in [3.05, 3.63) is 71.9 Å². The molecule has 5 heteroatoms. The van der Waals surface area contributed by atoms with E-state index in [0.29, 0.717) is 11.9 Å². The molecule has 0 saturated heterocycles. The third-order valence-corrected chi connectivity index (χ3v) is 3.61. The first-order valence-electron chi connectivity index (χ1n) is 7.86. The summed E-state index contributed by atoms with van der Waals surface area (Å²) in [4.78, 5) is 4.41. The van der Waals surface area contributed by atoms with E-state index in [1.165, 1.54) is 5.56 Å². The zero-order chi connectivity index (χ0) is 16.8. The molecule has 5 nitrogen and oxygen atoms in total. The van der Waals surface area contributed by atoms with Crippen molar-refractivity contribution in [3.8, 4) is 11.3 Å². The molecule has 0 amide bonds. The standard InChI is InChI=1S/C19H19N5/c1-14(2)16-10-8-15(9-11-16)12-20-23-19-22-18(13-21-24-19)17-6-4-3-5-7-17/h3-14H,1-2H3,(H,22,23,24)/b20-12+. The van der Waals surface area contributed by atoms with Gasteiger partial charge in [-0.3, -0.25) is 0 Å². The first-order chi connectivity index (χ1) is 11.7. The second-order valence-electron chi connectivity index (χ2n) is 5.72. The maximum Gasteiger partial charge on any atom is 0.263 e. The number of nitrogens with zero attached hydrogens (tertiary/aromatic N) is 4. The number of aromatic nitrogens is 3. The van der Waals surface area contributed by atoms with Crippen molar-refractivity contribution in [1.82, 2.24) is 15.2 Å². The molecule has 0 aliphatic carbocycles. The lowest BCUT2D eigenvalue weighted by atomic mass is 10.0. The number of anilines is 1. The Kier molecular flexibility index (Phi) is 4.91. The van der Waals surface area contributed by atoms with Crippen LogP contribution in [-0.2, 0) is 0 Å². The van der Waals surface area contributed by atoms with Crippen LogP contribution in [0.25, 0.3) is 11.3 Å². The van der Waals surface area contributed by atoms with Crippen LogP contribution in [0.3, 0.4) is 0 Å². The lowest BCUT2D eigenvalue weighted by molar-refractivity contribution is 0.866. The van der Waals surface area contributed by atoms with E-state index in [1.54, 1.807) is 12.4 Å². The predicted octanol–water partition coefficient (Wildman–Crippen LogP) is 4.11. The monoisotopic (exact) mass is 317 g/mol. The van der Waals surface area contributed by atoms with Crippen molar-refractivity contribution in [3.63, 3.8) is 0 Å². The van der Waals surface area contributed by atoms with Crippen LogP contribution >= 0.6 is 0 Å². The van der Waals surface area contributed by atoms with E-state index in [2.05, 4.69) is 51.7 Å². The number of hydrazone groups is 1. The molecule has 2 aromatic carbocycles. The van der Waals surface area contributed by atoms with Crippen molar-refractivity contribution >= 4 is 12.2 Å². The van der Waals surface area contributed by atoms with E-state index < -0.39 is 0 Å². The molecule has 1 heterocycles. The Balaban J connectivity index is 1.68. The Hall–Kier alpha value is -3.08. The summed E-state index contributed by atoms with van der Waals surface area (Å²) >= 11 is 0. The van der Waals surface area contributed by atoms with Crippen molar-refractivity contribution in [2.45, 2.75) is 19.8 Å². The first-order valence-corrected chi connectivity index (χ1v) is 7.86. The van der Waals surface area contributed by atoms with E-state index >= 15 is 0 Å². The molecule has 1 N–H and O–H groups in total. The van der Waals surface area contributed by atoms with Gasteiger partial charge in [0, 0.05) is 5.56 Å². The van der Waals surface area contributed by atoms with Crippen molar-refractivity contribution < 1.29 is 0 Å². The third-order valence-electron chi connectivity index (χ3n) is 3.61. The highest BCUT2D eigenvalue weighted by Gasteiger charge is 2.02. The molecule has 0 fully saturated rings. The van der Waals surface area contributed by atoms with Crippen LogP contribution in [0.15, 0.2) is 65.9 Å². The van der Waals surface area contributed by atoms with E-state index in [1.807, 2.05) is 42.5 Å². The smallest absolute Gasteiger partial charge is 0.244 e. The van der Waals surface area contributed by atoms with E-state index in [9.17, 15) is 0 Å². The molecule has 0 aliphatic rings. The lowest BCUT2D eigenvalue weighted by Crippen LogP contribution is -2.00. The Bertz CT molecular complexity index is 811. The average Bonchev–Trinajstić information content (AvgIpc) is 2.63. The summed E-state index contributed by atoms with van der Waals surface area (Å²) in [5, 5.41) is 12.1. The number of nitrogens with one attached hydrogen (secondary N) is 1. The second kappa shape index (κ2) is 7.46. The van der Waals surface area contributed by atoms with Gasteiger partial charge in [0.1, 0.15) is 0 Å². The fourth-order valence-corrected chi connectivity index (χ4v) is 2.23. The summed E-state index contributed by atoms with van der Waals surface area (Å²) in [5.74, 6) is 0.890. The largest absolute Gasteiger partial charge is 0.263 e. The highest BCUT2D eigenvalue weighted by Crippen LogP contribution is 2.16. The second-order valence-corrected chi connectivity index (χ2v) is 5.72.